The molecule has 1 heterocycles. The summed E-state index contributed by atoms with van der Waals surface area (Å²) < 4.78 is 37.7. The second-order valence-electron chi connectivity index (χ2n) is 3.47. The molecule has 6 nitrogen and oxygen atoms in total. The van der Waals surface area contributed by atoms with Crippen LogP contribution in [-0.4, -0.2) is 34.5 Å². The highest BCUT2D eigenvalue weighted by atomic mass is 19.4. The predicted octanol–water partition coefficient (Wildman–Crippen LogP) is 0.151. The molecule has 0 aliphatic heterocycles. The Bertz CT molecular complexity index is 396. The summed E-state index contributed by atoms with van der Waals surface area (Å²) >= 11 is 0. The van der Waals surface area contributed by atoms with E-state index in [1.807, 2.05) is 5.43 Å². The maximum absolute atomic E-state index is 12.6. The minimum Gasteiger partial charge on any atom is -0.394 e. The lowest BCUT2D eigenvalue weighted by Crippen LogP contribution is -2.28. The van der Waals surface area contributed by atoms with Gasteiger partial charge in [0.15, 0.2) is 0 Å². The smallest absolute Gasteiger partial charge is 0.394 e. The number of nitrogens with one attached hydrogen (secondary N) is 2. The molecule has 9 heteroatoms. The van der Waals surface area contributed by atoms with Crippen molar-refractivity contribution in [2.75, 3.05) is 24.0 Å². The minimum absolute atomic E-state index is 0.147. The first kappa shape index (κ1) is 14.5. The summed E-state index contributed by atoms with van der Waals surface area (Å²) in [5, 5.41) is 20.1. The van der Waals surface area contributed by atoms with Crippen molar-refractivity contribution in [3.8, 4) is 0 Å². The summed E-state index contributed by atoms with van der Waals surface area (Å²) in [6, 6.07) is 0.712. The number of nitrogens with two attached hydrogens (primary N) is 1. The third-order valence-corrected chi connectivity index (χ3v) is 2.09. The van der Waals surface area contributed by atoms with E-state index in [0.717, 1.165) is 12.1 Å². The first-order valence-corrected chi connectivity index (χ1v) is 4.95. The topological polar surface area (TPSA) is 103 Å². The van der Waals surface area contributed by atoms with Gasteiger partial charge in [-0.25, -0.2) is 10.8 Å². The Morgan fingerprint density at radius 3 is 2.22 bits per heavy atom. The van der Waals surface area contributed by atoms with Gasteiger partial charge in [0.2, 0.25) is 0 Å². The van der Waals surface area contributed by atoms with Crippen molar-refractivity contribution in [2.24, 2.45) is 5.84 Å². The van der Waals surface area contributed by atoms with Gasteiger partial charge in [0.1, 0.15) is 11.6 Å². The molecule has 0 aromatic carbocycles. The minimum atomic E-state index is -4.54. The SMILES string of the molecule is NNc1cc(C(F)(F)F)cc(NC(CO)CO)n1. The lowest BCUT2D eigenvalue weighted by Gasteiger charge is -2.16. The number of rotatable bonds is 5. The van der Waals surface area contributed by atoms with E-state index in [-0.39, 0.29) is 11.6 Å². The molecule has 0 aliphatic carbocycles. The van der Waals surface area contributed by atoms with Crippen LogP contribution < -0.4 is 16.6 Å². The van der Waals surface area contributed by atoms with Crippen molar-refractivity contribution < 1.29 is 23.4 Å². The molecule has 6 N–H and O–H groups in total. The van der Waals surface area contributed by atoms with Crippen LogP contribution in [0.4, 0.5) is 24.8 Å². The summed E-state index contributed by atoms with van der Waals surface area (Å²) in [7, 11) is 0. The first-order valence-electron chi connectivity index (χ1n) is 4.95. The monoisotopic (exact) mass is 266 g/mol. The fraction of sp³-hybridized carbons (Fsp3) is 0.444. The largest absolute Gasteiger partial charge is 0.416 e. The van der Waals surface area contributed by atoms with E-state index in [1.165, 1.54) is 0 Å². The number of aromatic nitrogens is 1. The summed E-state index contributed by atoms with van der Waals surface area (Å²) in [5.41, 5.74) is 1.07. The Morgan fingerprint density at radius 2 is 1.78 bits per heavy atom. The summed E-state index contributed by atoms with van der Waals surface area (Å²) in [6.45, 7) is -0.889. The molecule has 1 rings (SSSR count). The molecule has 102 valence electrons. The number of halogens is 3. The fourth-order valence-corrected chi connectivity index (χ4v) is 1.20. The molecule has 0 atom stereocenters. The zero-order chi connectivity index (χ0) is 13.8. The third kappa shape index (κ3) is 3.72. The Labute approximate surface area is 101 Å². The molecule has 1 aromatic heterocycles. The average molecular weight is 266 g/mol. The number of pyridine rings is 1. The number of anilines is 2. The summed E-state index contributed by atoms with van der Waals surface area (Å²) in [5.74, 6) is 4.69. The molecule has 1 aromatic rings. The second-order valence-corrected chi connectivity index (χ2v) is 3.47. The Hall–Kier alpha value is -1.58. The number of alkyl halides is 3. The molecule has 18 heavy (non-hydrogen) atoms. The second kappa shape index (κ2) is 5.85. The van der Waals surface area contributed by atoms with Gasteiger partial charge < -0.3 is 21.0 Å². The van der Waals surface area contributed by atoms with E-state index in [2.05, 4.69) is 10.3 Å². The quantitative estimate of drug-likeness (QED) is 0.384. The van der Waals surface area contributed by atoms with Crippen molar-refractivity contribution in [2.45, 2.75) is 12.2 Å². The van der Waals surface area contributed by atoms with Gasteiger partial charge in [0.05, 0.1) is 24.8 Å². The van der Waals surface area contributed by atoms with Crippen molar-refractivity contribution in [1.82, 2.24) is 4.98 Å². The normalized spacial score (nSPS) is 11.7. The molecular weight excluding hydrogens is 253 g/mol. The Morgan fingerprint density at radius 1 is 1.22 bits per heavy atom. The maximum Gasteiger partial charge on any atom is 0.416 e. The number of hydrogen-bond acceptors (Lipinski definition) is 6. The van der Waals surface area contributed by atoms with Gasteiger partial charge >= 0.3 is 6.18 Å². The fourth-order valence-electron chi connectivity index (χ4n) is 1.20. The van der Waals surface area contributed by atoms with Crippen molar-refractivity contribution in [3.63, 3.8) is 0 Å². The van der Waals surface area contributed by atoms with Crippen LogP contribution in [0.2, 0.25) is 0 Å². The van der Waals surface area contributed by atoms with Gasteiger partial charge in [-0.1, -0.05) is 0 Å². The lowest BCUT2D eigenvalue weighted by molar-refractivity contribution is -0.137. The Kier molecular flexibility index (Phi) is 4.70. The van der Waals surface area contributed by atoms with E-state index in [4.69, 9.17) is 16.1 Å². The van der Waals surface area contributed by atoms with E-state index in [0.29, 0.717) is 0 Å². The van der Waals surface area contributed by atoms with Gasteiger partial charge in [-0.3, -0.25) is 0 Å². The highest BCUT2D eigenvalue weighted by Crippen LogP contribution is 2.31. The molecule has 0 saturated heterocycles. The summed E-state index contributed by atoms with van der Waals surface area (Å²) in [4.78, 5) is 3.73. The summed E-state index contributed by atoms with van der Waals surface area (Å²) in [6.07, 6.45) is -4.54. The third-order valence-electron chi connectivity index (χ3n) is 2.09. The molecular formula is C9H13F3N4O2. The van der Waals surface area contributed by atoms with Gasteiger partial charge in [-0.2, -0.15) is 13.2 Å². The highest BCUT2D eigenvalue weighted by molar-refractivity contribution is 5.49. The standard InChI is InChI=1S/C9H13F3N4O2/c10-9(11,12)5-1-7(14-6(3-17)4-18)15-8(2-5)16-13/h1-2,6,17-18H,3-4,13H2,(H2,14,15,16). The van der Waals surface area contributed by atoms with Crippen molar-refractivity contribution in [3.05, 3.63) is 17.7 Å². The molecule has 0 radical (unpaired) electrons. The number of aliphatic hydroxyl groups is 2. The highest BCUT2D eigenvalue weighted by Gasteiger charge is 2.31. The van der Waals surface area contributed by atoms with Crippen molar-refractivity contribution >= 4 is 11.6 Å². The zero-order valence-electron chi connectivity index (χ0n) is 9.20. The number of nitrogen functional groups attached to an aromatic ring is 1. The van der Waals surface area contributed by atoms with Crippen LogP contribution in [0.15, 0.2) is 12.1 Å². The van der Waals surface area contributed by atoms with Crippen LogP contribution in [0.5, 0.6) is 0 Å². The van der Waals surface area contributed by atoms with Crippen LogP contribution in [0.1, 0.15) is 5.56 Å². The van der Waals surface area contributed by atoms with E-state index in [9.17, 15) is 13.2 Å². The van der Waals surface area contributed by atoms with Crippen LogP contribution in [-0.2, 0) is 6.18 Å². The number of nitrogens with zero attached hydrogens (tertiary/aromatic N) is 1. The van der Waals surface area contributed by atoms with Gasteiger partial charge in [-0.15, -0.1) is 0 Å². The average Bonchev–Trinajstić information content (AvgIpc) is 2.34. The molecule has 0 unspecified atom stereocenters. The number of aliphatic hydroxyl groups excluding tert-OH is 2. The van der Waals surface area contributed by atoms with Crippen molar-refractivity contribution in [1.29, 1.82) is 0 Å². The van der Waals surface area contributed by atoms with Gasteiger partial charge in [-0.05, 0) is 12.1 Å². The molecule has 0 bridgehead atoms. The molecule has 0 saturated carbocycles. The zero-order valence-corrected chi connectivity index (χ0v) is 9.20. The van der Waals surface area contributed by atoms with Crippen LogP contribution in [0, 0.1) is 0 Å². The lowest BCUT2D eigenvalue weighted by atomic mass is 10.2. The van der Waals surface area contributed by atoms with E-state index < -0.39 is 31.0 Å². The van der Waals surface area contributed by atoms with Gasteiger partial charge in [0, 0.05) is 0 Å². The van der Waals surface area contributed by atoms with Gasteiger partial charge in [0.25, 0.3) is 0 Å². The maximum atomic E-state index is 12.6. The van der Waals surface area contributed by atoms with Crippen LogP contribution >= 0.6 is 0 Å². The van der Waals surface area contributed by atoms with E-state index >= 15 is 0 Å². The molecule has 0 amide bonds. The van der Waals surface area contributed by atoms with Crippen LogP contribution in [0.3, 0.4) is 0 Å². The van der Waals surface area contributed by atoms with Crippen LogP contribution in [0.25, 0.3) is 0 Å². The molecule has 0 spiro atoms. The van der Waals surface area contributed by atoms with E-state index in [1.54, 1.807) is 0 Å². The number of hydrogen-bond donors (Lipinski definition) is 5. The first-order chi connectivity index (χ1) is 8.40. The molecule has 0 aliphatic rings. The predicted molar refractivity (Wildman–Crippen MR) is 58.6 cm³/mol. The number of hydrazine groups is 1. The molecule has 0 fully saturated rings. The Balaban J connectivity index is 3.04.